The lowest BCUT2D eigenvalue weighted by atomic mass is 10.2. The number of aryl methyl sites for hydroxylation is 1. The zero-order chi connectivity index (χ0) is 17.5. The first-order valence-electron chi connectivity index (χ1n) is 7.34. The zero-order valence-electron chi connectivity index (χ0n) is 13.5. The van der Waals surface area contributed by atoms with E-state index in [1.165, 1.54) is 12.4 Å². The number of aromatic nitrogens is 5. The van der Waals surface area contributed by atoms with Gasteiger partial charge in [-0.05, 0) is 44.5 Å². The smallest absolute Gasteiger partial charge is 0.284 e. The summed E-state index contributed by atoms with van der Waals surface area (Å²) in [5.41, 5.74) is 2.65. The molecule has 8 heteroatoms. The summed E-state index contributed by atoms with van der Waals surface area (Å²) < 4.78 is 42.0. The highest BCUT2D eigenvalue weighted by Gasteiger charge is 2.30. The molecule has 5 nitrogen and oxygen atoms in total. The maximum absolute atomic E-state index is 12.9. The Morgan fingerprint density at radius 1 is 1.12 bits per heavy atom. The van der Waals surface area contributed by atoms with Gasteiger partial charge < -0.3 is 0 Å². The third-order valence-corrected chi connectivity index (χ3v) is 4.10. The van der Waals surface area contributed by atoms with Gasteiger partial charge in [0.1, 0.15) is 12.9 Å². The van der Waals surface area contributed by atoms with Crippen LogP contribution in [0.3, 0.4) is 0 Å². The lowest BCUT2D eigenvalue weighted by Crippen LogP contribution is -2.11. The van der Waals surface area contributed by atoms with Gasteiger partial charge in [0.25, 0.3) is 0 Å². The summed E-state index contributed by atoms with van der Waals surface area (Å²) >= 11 is 0. The summed E-state index contributed by atoms with van der Waals surface area (Å²) in [5, 5.41) is 12.3. The second-order valence-electron chi connectivity index (χ2n) is 5.62. The van der Waals surface area contributed by atoms with Crippen LogP contribution in [0, 0.1) is 20.8 Å². The largest absolute Gasteiger partial charge is 0.416 e. The minimum absolute atomic E-state index is 0.330. The second-order valence-corrected chi connectivity index (χ2v) is 5.62. The molecule has 0 saturated heterocycles. The van der Waals surface area contributed by atoms with Crippen molar-refractivity contribution in [1.82, 2.24) is 24.5 Å². The Labute approximate surface area is 136 Å². The SMILES string of the molecule is Cc1nn(Cc2nncn2-c2cccc(C(F)(F)F)c2)c(C)c1C. The zero-order valence-corrected chi connectivity index (χ0v) is 13.5. The van der Waals surface area contributed by atoms with Crippen LogP contribution < -0.4 is 0 Å². The van der Waals surface area contributed by atoms with Crippen LogP contribution in [0.15, 0.2) is 30.6 Å². The van der Waals surface area contributed by atoms with Gasteiger partial charge in [0.2, 0.25) is 0 Å². The van der Waals surface area contributed by atoms with Gasteiger partial charge in [-0.2, -0.15) is 18.3 Å². The molecule has 0 radical (unpaired) electrons. The monoisotopic (exact) mass is 335 g/mol. The summed E-state index contributed by atoms with van der Waals surface area (Å²) in [6.07, 6.45) is -2.99. The van der Waals surface area contributed by atoms with Crippen molar-refractivity contribution in [2.24, 2.45) is 0 Å². The minimum atomic E-state index is -4.39. The Morgan fingerprint density at radius 3 is 2.50 bits per heavy atom. The topological polar surface area (TPSA) is 48.5 Å². The first kappa shape index (κ1) is 16.2. The number of nitrogens with zero attached hydrogens (tertiary/aromatic N) is 5. The normalized spacial score (nSPS) is 11.9. The highest BCUT2D eigenvalue weighted by Crippen LogP contribution is 2.30. The molecule has 0 aliphatic carbocycles. The summed E-state index contributed by atoms with van der Waals surface area (Å²) in [5.74, 6) is 0.514. The van der Waals surface area contributed by atoms with E-state index in [0.717, 1.165) is 29.1 Å². The predicted molar refractivity (Wildman–Crippen MR) is 81.9 cm³/mol. The van der Waals surface area contributed by atoms with Crippen LogP contribution in [0.25, 0.3) is 5.69 Å². The number of benzene rings is 1. The summed E-state index contributed by atoms with van der Waals surface area (Å²) in [6.45, 7) is 6.17. The summed E-state index contributed by atoms with van der Waals surface area (Å²) in [6, 6.07) is 5.08. The van der Waals surface area contributed by atoms with E-state index in [2.05, 4.69) is 15.3 Å². The van der Waals surface area contributed by atoms with Gasteiger partial charge in [-0.25, -0.2) is 0 Å². The van der Waals surface area contributed by atoms with Crippen molar-refractivity contribution in [3.05, 3.63) is 58.9 Å². The van der Waals surface area contributed by atoms with Crippen molar-refractivity contribution in [1.29, 1.82) is 0 Å². The number of alkyl halides is 3. The van der Waals surface area contributed by atoms with Gasteiger partial charge in [-0.15, -0.1) is 10.2 Å². The quantitative estimate of drug-likeness (QED) is 0.736. The molecule has 2 heterocycles. The van der Waals surface area contributed by atoms with E-state index >= 15 is 0 Å². The van der Waals surface area contributed by atoms with Crippen molar-refractivity contribution >= 4 is 0 Å². The number of hydrogen-bond acceptors (Lipinski definition) is 3. The fourth-order valence-electron chi connectivity index (χ4n) is 2.49. The van der Waals surface area contributed by atoms with Crippen molar-refractivity contribution in [2.75, 3.05) is 0 Å². The maximum atomic E-state index is 12.9. The number of halogens is 3. The van der Waals surface area contributed by atoms with Crippen molar-refractivity contribution in [2.45, 2.75) is 33.5 Å². The Balaban J connectivity index is 1.98. The van der Waals surface area contributed by atoms with E-state index in [1.54, 1.807) is 15.3 Å². The van der Waals surface area contributed by atoms with Crippen LogP contribution in [-0.4, -0.2) is 24.5 Å². The molecule has 0 saturated carbocycles. The molecular weight excluding hydrogens is 319 g/mol. The maximum Gasteiger partial charge on any atom is 0.416 e. The van der Waals surface area contributed by atoms with Gasteiger partial charge in [-0.3, -0.25) is 9.25 Å². The van der Waals surface area contributed by atoms with Crippen LogP contribution >= 0.6 is 0 Å². The van der Waals surface area contributed by atoms with Crippen LogP contribution in [-0.2, 0) is 12.7 Å². The van der Waals surface area contributed by atoms with E-state index in [9.17, 15) is 13.2 Å². The van der Waals surface area contributed by atoms with Crippen LogP contribution in [0.4, 0.5) is 13.2 Å². The highest BCUT2D eigenvalue weighted by atomic mass is 19.4. The van der Waals surface area contributed by atoms with Crippen molar-refractivity contribution in [3.63, 3.8) is 0 Å². The highest BCUT2D eigenvalue weighted by molar-refractivity contribution is 5.37. The lowest BCUT2D eigenvalue weighted by molar-refractivity contribution is -0.137. The Bertz CT molecular complexity index is 876. The van der Waals surface area contributed by atoms with Gasteiger partial charge in [-0.1, -0.05) is 6.07 Å². The molecule has 0 spiro atoms. The van der Waals surface area contributed by atoms with Gasteiger partial charge in [0.15, 0.2) is 5.82 Å². The molecule has 1 aromatic carbocycles. The first-order valence-corrected chi connectivity index (χ1v) is 7.34. The molecule has 0 atom stereocenters. The fraction of sp³-hybridized carbons (Fsp3) is 0.312. The summed E-state index contributed by atoms with van der Waals surface area (Å²) in [7, 11) is 0. The Morgan fingerprint density at radius 2 is 1.88 bits per heavy atom. The molecule has 0 amide bonds. The molecule has 0 N–H and O–H groups in total. The van der Waals surface area contributed by atoms with E-state index < -0.39 is 11.7 Å². The van der Waals surface area contributed by atoms with Crippen LogP contribution in [0.1, 0.15) is 28.3 Å². The third-order valence-electron chi connectivity index (χ3n) is 4.10. The van der Waals surface area contributed by atoms with Crippen LogP contribution in [0.2, 0.25) is 0 Å². The molecule has 3 aromatic rings. The first-order chi connectivity index (χ1) is 11.3. The van der Waals surface area contributed by atoms with Gasteiger partial charge in [0, 0.05) is 11.4 Å². The molecule has 24 heavy (non-hydrogen) atoms. The molecule has 0 aliphatic rings. The van der Waals surface area contributed by atoms with E-state index in [1.807, 2.05) is 20.8 Å². The van der Waals surface area contributed by atoms with Crippen LogP contribution in [0.5, 0.6) is 0 Å². The Kier molecular flexibility index (Phi) is 3.90. The van der Waals surface area contributed by atoms with E-state index in [-0.39, 0.29) is 0 Å². The average molecular weight is 335 g/mol. The molecule has 126 valence electrons. The fourth-order valence-corrected chi connectivity index (χ4v) is 2.49. The molecular formula is C16H16F3N5. The predicted octanol–water partition coefficient (Wildman–Crippen LogP) is 3.46. The van der Waals surface area contributed by atoms with Crippen molar-refractivity contribution < 1.29 is 13.2 Å². The third kappa shape index (κ3) is 2.91. The molecule has 2 aromatic heterocycles. The number of rotatable bonds is 3. The minimum Gasteiger partial charge on any atom is -0.284 e. The molecule has 0 aliphatic heterocycles. The van der Waals surface area contributed by atoms with Crippen molar-refractivity contribution in [3.8, 4) is 5.69 Å². The van der Waals surface area contributed by atoms with E-state index in [4.69, 9.17) is 0 Å². The van der Waals surface area contributed by atoms with E-state index in [0.29, 0.717) is 18.1 Å². The number of hydrogen-bond donors (Lipinski definition) is 0. The van der Waals surface area contributed by atoms with Gasteiger partial charge in [0.05, 0.1) is 11.3 Å². The van der Waals surface area contributed by atoms with Gasteiger partial charge >= 0.3 is 6.18 Å². The lowest BCUT2D eigenvalue weighted by Gasteiger charge is -2.11. The molecule has 3 rings (SSSR count). The average Bonchev–Trinajstić information content (AvgIpc) is 3.08. The standard InChI is InChI=1S/C16H16F3N5/c1-10-11(2)22-24(12(10)3)8-15-21-20-9-23(15)14-6-4-5-13(7-14)16(17,18)19/h4-7,9H,8H2,1-3H3. The second kappa shape index (κ2) is 5.77. The molecule has 0 bridgehead atoms. The summed E-state index contributed by atoms with van der Waals surface area (Å²) in [4.78, 5) is 0. The molecule has 0 unspecified atom stereocenters. The Hall–Kier alpha value is -2.64. The molecule has 0 fully saturated rings.